The van der Waals surface area contributed by atoms with Crippen molar-refractivity contribution in [2.75, 3.05) is 18.4 Å². The Hall–Kier alpha value is -1.26. The molecule has 0 unspecified atom stereocenters. The van der Waals surface area contributed by atoms with Gasteiger partial charge in [0.25, 0.3) is 0 Å². The third-order valence-electron chi connectivity index (χ3n) is 4.71. The fourth-order valence-corrected chi connectivity index (χ4v) is 3.68. The van der Waals surface area contributed by atoms with Crippen LogP contribution in [0.4, 0.5) is 5.69 Å². The van der Waals surface area contributed by atoms with Gasteiger partial charge in [-0.1, -0.05) is 23.2 Å². The second-order valence-electron chi connectivity index (χ2n) is 6.17. The van der Waals surface area contributed by atoms with Gasteiger partial charge in [0, 0.05) is 29.9 Å². The van der Waals surface area contributed by atoms with E-state index in [1.165, 1.54) is 0 Å². The van der Waals surface area contributed by atoms with Crippen LogP contribution in [0.3, 0.4) is 0 Å². The lowest BCUT2D eigenvalue weighted by atomic mass is 9.81. The molecule has 4 nitrogen and oxygen atoms in total. The summed E-state index contributed by atoms with van der Waals surface area (Å²) in [7, 11) is 0. The van der Waals surface area contributed by atoms with Crippen LogP contribution in [-0.2, 0) is 9.59 Å². The normalized spacial score (nSPS) is 20.5. The molecule has 0 radical (unpaired) electrons. The van der Waals surface area contributed by atoms with Crippen LogP contribution >= 0.6 is 23.2 Å². The van der Waals surface area contributed by atoms with Crippen molar-refractivity contribution in [2.45, 2.75) is 39.5 Å². The van der Waals surface area contributed by atoms with Crippen LogP contribution in [0, 0.1) is 11.8 Å². The third-order valence-corrected chi connectivity index (χ3v) is 5.26. The fourth-order valence-electron chi connectivity index (χ4n) is 3.22. The Morgan fingerprint density at radius 1 is 1.08 bits per heavy atom. The molecule has 0 aromatic heterocycles. The summed E-state index contributed by atoms with van der Waals surface area (Å²) < 4.78 is 0. The molecule has 0 spiro atoms. The number of amides is 2. The van der Waals surface area contributed by atoms with Gasteiger partial charge in [0.05, 0.1) is 10.7 Å². The van der Waals surface area contributed by atoms with E-state index in [0.717, 1.165) is 38.8 Å². The number of anilines is 1. The highest BCUT2D eigenvalue weighted by molar-refractivity contribution is 6.36. The molecule has 1 aromatic carbocycles. The van der Waals surface area contributed by atoms with Gasteiger partial charge in [-0.25, -0.2) is 0 Å². The number of hydrogen-bond donors (Lipinski definition) is 1. The second-order valence-corrected chi connectivity index (χ2v) is 7.02. The summed E-state index contributed by atoms with van der Waals surface area (Å²) >= 11 is 12.0. The van der Waals surface area contributed by atoms with E-state index in [0.29, 0.717) is 15.7 Å². The van der Waals surface area contributed by atoms with Gasteiger partial charge < -0.3 is 10.2 Å². The predicted octanol–water partition coefficient (Wildman–Crippen LogP) is 4.61. The Bertz CT molecular complexity index is 595. The molecule has 2 rings (SSSR count). The molecule has 6 heteroatoms. The Kier molecular flexibility index (Phi) is 6.93. The molecule has 1 saturated carbocycles. The lowest BCUT2D eigenvalue weighted by Crippen LogP contribution is -2.38. The summed E-state index contributed by atoms with van der Waals surface area (Å²) in [4.78, 5) is 26.7. The highest BCUT2D eigenvalue weighted by atomic mass is 35.5. The number of rotatable bonds is 5. The zero-order chi connectivity index (χ0) is 17.7. The molecule has 0 aliphatic heterocycles. The molecule has 1 fully saturated rings. The van der Waals surface area contributed by atoms with Crippen LogP contribution < -0.4 is 5.32 Å². The number of nitrogens with one attached hydrogen (secondary N) is 1. The summed E-state index contributed by atoms with van der Waals surface area (Å²) in [6.07, 6.45) is 2.99. The van der Waals surface area contributed by atoms with Gasteiger partial charge in [-0.3, -0.25) is 9.59 Å². The van der Waals surface area contributed by atoms with Crippen molar-refractivity contribution in [1.82, 2.24) is 4.90 Å². The van der Waals surface area contributed by atoms with Crippen LogP contribution in [0.15, 0.2) is 18.2 Å². The standard InChI is InChI=1S/C18H24Cl2N2O2/c1-3-22(4-2)18(24)13-7-5-12(6-8-13)17(23)21-16-10-9-14(19)11-15(16)20/h9-13H,3-8H2,1-2H3,(H,21,23). The monoisotopic (exact) mass is 370 g/mol. The van der Waals surface area contributed by atoms with Gasteiger partial charge in [0.15, 0.2) is 0 Å². The van der Waals surface area contributed by atoms with Crippen molar-refractivity contribution in [3.63, 3.8) is 0 Å². The van der Waals surface area contributed by atoms with Gasteiger partial charge in [-0.05, 0) is 57.7 Å². The summed E-state index contributed by atoms with van der Waals surface area (Å²) in [6.45, 7) is 5.47. The van der Waals surface area contributed by atoms with Gasteiger partial charge in [-0.2, -0.15) is 0 Å². The van der Waals surface area contributed by atoms with Crippen molar-refractivity contribution in [2.24, 2.45) is 11.8 Å². The van der Waals surface area contributed by atoms with Crippen LogP contribution in [0.1, 0.15) is 39.5 Å². The lowest BCUT2D eigenvalue weighted by molar-refractivity contribution is -0.137. The number of benzene rings is 1. The smallest absolute Gasteiger partial charge is 0.227 e. The van der Waals surface area contributed by atoms with Crippen molar-refractivity contribution >= 4 is 40.7 Å². The Morgan fingerprint density at radius 2 is 1.67 bits per heavy atom. The molecule has 1 N–H and O–H groups in total. The highest BCUT2D eigenvalue weighted by Gasteiger charge is 2.31. The first-order chi connectivity index (χ1) is 11.5. The number of hydrogen-bond acceptors (Lipinski definition) is 2. The largest absolute Gasteiger partial charge is 0.343 e. The second kappa shape index (κ2) is 8.72. The average molecular weight is 371 g/mol. The first kappa shape index (κ1) is 19.1. The van der Waals surface area contributed by atoms with Crippen molar-refractivity contribution in [3.8, 4) is 0 Å². The van der Waals surface area contributed by atoms with E-state index in [9.17, 15) is 9.59 Å². The van der Waals surface area contributed by atoms with Crippen LogP contribution in [0.5, 0.6) is 0 Å². The maximum absolute atomic E-state index is 12.4. The number of carbonyl (C=O) groups is 2. The van der Waals surface area contributed by atoms with Gasteiger partial charge in [-0.15, -0.1) is 0 Å². The summed E-state index contributed by atoms with van der Waals surface area (Å²) in [5, 5.41) is 3.84. The maximum Gasteiger partial charge on any atom is 0.227 e. The molecule has 2 amide bonds. The minimum Gasteiger partial charge on any atom is -0.343 e. The molecule has 0 saturated heterocycles. The quantitative estimate of drug-likeness (QED) is 0.822. The van der Waals surface area contributed by atoms with Gasteiger partial charge in [0.1, 0.15) is 0 Å². The highest BCUT2D eigenvalue weighted by Crippen LogP contribution is 2.32. The molecule has 24 heavy (non-hydrogen) atoms. The summed E-state index contributed by atoms with van der Waals surface area (Å²) in [5.41, 5.74) is 0.576. The Morgan fingerprint density at radius 3 is 2.21 bits per heavy atom. The zero-order valence-electron chi connectivity index (χ0n) is 14.1. The van der Waals surface area contributed by atoms with E-state index in [1.807, 2.05) is 18.7 Å². The van der Waals surface area contributed by atoms with Crippen molar-refractivity contribution in [3.05, 3.63) is 28.2 Å². The minimum atomic E-state index is -0.0718. The Labute approximate surface area is 153 Å². The predicted molar refractivity (Wildman–Crippen MR) is 98.5 cm³/mol. The maximum atomic E-state index is 12.4. The van der Waals surface area contributed by atoms with Crippen molar-refractivity contribution in [1.29, 1.82) is 0 Å². The topological polar surface area (TPSA) is 49.4 Å². The van der Waals surface area contributed by atoms with E-state index in [4.69, 9.17) is 23.2 Å². The number of carbonyl (C=O) groups excluding carboxylic acids is 2. The third kappa shape index (κ3) is 4.64. The fraction of sp³-hybridized carbons (Fsp3) is 0.556. The summed E-state index contributed by atoms with van der Waals surface area (Å²) in [5.74, 6) is 0.165. The first-order valence-corrected chi connectivity index (χ1v) is 9.26. The molecule has 0 heterocycles. The molecule has 0 bridgehead atoms. The van der Waals surface area contributed by atoms with Crippen LogP contribution in [-0.4, -0.2) is 29.8 Å². The molecule has 1 aromatic rings. The van der Waals surface area contributed by atoms with Crippen LogP contribution in [0.25, 0.3) is 0 Å². The van der Waals surface area contributed by atoms with Gasteiger partial charge in [0.2, 0.25) is 11.8 Å². The Balaban J connectivity index is 1.89. The minimum absolute atomic E-state index is 0.0343. The number of nitrogens with zero attached hydrogens (tertiary/aromatic N) is 1. The summed E-state index contributed by atoms with van der Waals surface area (Å²) in [6, 6.07) is 5.01. The zero-order valence-corrected chi connectivity index (χ0v) is 15.7. The van der Waals surface area contributed by atoms with E-state index >= 15 is 0 Å². The first-order valence-electron chi connectivity index (χ1n) is 8.50. The SMILES string of the molecule is CCN(CC)C(=O)C1CCC(C(=O)Nc2ccc(Cl)cc2Cl)CC1. The van der Waals surface area contributed by atoms with Crippen LogP contribution in [0.2, 0.25) is 10.0 Å². The molecular weight excluding hydrogens is 347 g/mol. The molecule has 1 aliphatic carbocycles. The molecule has 1 aliphatic rings. The average Bonchev–Trinajstić information content (AvgIpc) is 2.58. The molecular formula is C18H24Cl2N2O2. The van der Waals surface area contributed by atoms with E-state index in [-0.39, 0.29) is 23.7 Å². The molecule has 132 valence electrons. The van der Waals surface area contributed by atoms with E-state index in [1.54, 1.807) is 18.2 Å². The van der Waals surface area contributed by atoms with E-state index in [2.05, 4.69) is 5.32 Å². The number of halogens is 2. The lowest BCUT2D eigenvalue weighted by Gasteiger charge is -2.30. The van der Waals surface area contributed by atoms with Gasteiger partial charge >= 0.3 is 0 Å². The molecule has 0 atom stereocenters. The van der Waals surface area contributed by atoms with Crippen molar-refractivity contribution < 1.29 is 9.59 Å². The van der Waals surface area contributed by atoms with E-state index < -0.39 is 0 Å².